The van der Waals surface area contributed by atoms with Gasteiger partial charge in [0.05, 0.1) is 12.8 Å². The van der Waals surface area contributed by atoms with Gasteiger partial charge in [-0.25, -0.2) is 4.79 Å². The van der Waals surface area contributed by atoms with Crippen LogP contribution < -0.4 is 10.6 Å². The number of furan rings is 1. The lowest BCUT2D eigenvalue weighted by Gasteiger charge is -2.26. The van der Waals surface area contributed by atoms with Crippen LogP contribution in [0.3, 0.4) is 0 Å². The first-order chi connectivity index (χ1) is 10.1. The van der Waals surface area contributed by atoms with Crippen molar-refractivity contribution in [1.82, 2.24) is 10.6 Å². The zero-order valence-corrected chi connectivity index (χ0v) is 12.7. The van der Waals surface area contributed by atoms with Crippen LogP contribution in [0.4, 0.5) is 4.79 Å². The van der Waals surface area contributed by atoms with Gasteiger partial charge >= 0.3 is 6.03 Å². The van der Waals surface area contributed by atoms with Crippen LogP contribution in [0, 0.1) is 11.8 Å². The van der Waals surface area contributed by atoms with Gasteiger partial charge < -0.3 is 20.2 Å². The molecule has 21 heavy (non-hydrogen) atoms. The monoisotopic (exact) mass is 294 g/mol. The molecule has 118 valence electrons. The van der Waals surface area contributed by atoms with Crippen LogP contribution in [-0.4, -0.2) is 24.2 Å². The molecule has 0 saturated heterocycles. The van der Waals surface area contributed by atoms with Gasteiger partial charge in [-0.2, -0.15) is 0 Å². The van der Waals surface area contributed by atoms with E-state index in [0.717, 1.165) is 18.3 Å². The van der Waals surface area contributed by atoms with Gasteiger partial charge in [-0.15, -0.1) is 0 Å². The van der Waals surface area contributed by atoms with Crippen LogP contribution >= 0.6 is 0 Å². The number of aliphatic hydroxyl groups excluding tert-OH is 1. The number of carbonyl (C=O) groups is 1. The number of carbonyl (C=O) groups excluding carboxylic acids is 1. The van der Waals surface area contributed by atoms with Crippen LogP contribution in [0.2, 0.25) is 0 Å². The molecule has 3 N–H and O–H groups in total. The van der Waals surface area contributed by atoms with E-state index < -0.39 is 6.10 Å². The van der Waals surface area contributed by atoms with E-state index in [0.29, 0.717) is 12.3 Å². The van der Waals surface area contributed by atoms with Gasteiger partial charge in [0.15, 0.2) is 0 Å². The Morgan fingerprint density at radius 1 is 1.48 bits per heavy atom. The van der Waals surface area contributed by atoms with E-state index in [-0.39, 0.29) is 12.6 Å². The third-order valence-corrected chi connectivity index (χ3v) is 4.21. The summed E-state index contributed by atoms with van der Waals surface area (Å²) < 4.78 is 5.08. The quantitative estimate of drug-likeness (QED) is 0.755. The Morgan fingerprint density at radius 3 is 3.05 bits per heavy atom. The molecule has 0 bridgehead atoms. The fourth-order valence-electron chi connectivity index (χ4n) is 3.05. The second kappa shape index (κ2) is 8.08. The van der Waals surface area contributed by atoms with Gasteiger partial charge in [0.1, 0.15) is 11.9 Å². The smallest absolute Gasteiger partial charge is 0.314 e. The molecule has 1 saturated carbocycles. The van der Waals surface area contributed by atoms with E-state index in [1.54, 1.807) is 12.1 Å². The highest BCUT2D eigenvalue weighted by Crippen LogP contribution is 2.30. The average molecular weight is 294 g/mol. The predicted octanol–water partition coefficient (Wildman–Crippen LogP) is 2.83. The van der Waals surface area contributed by atoms with Gasteiger partial charge in [0.25, 0.3) is 0 Å². The zero-order chi connectivity index (χ0) is 15.1. The molecule has 1 aromatic rings. The molecule has 1 fully saturated rings. The van der Waals surface area contributed by atoms with Gasteiger partial charge in [0.2, 0.25) is 0 Å². The van der Waals surface area contributed by atoms with Crippen molar-refractivity contribution in [3.8, 4) is 0 Å². The number of aliphatic hydroxyl groups is 1. The first kappa shape index (κ1) is 15.9. The number of hydrogen-bond acceptors (Lipinski definition) is 3. The molecule has 1 heterocycles. The van der Waals surface area contributed by atoms with Crippen molar-refractivity contribution in [3.63, 3.8) is 0 Å². The highest BCUT2D eigenvalue weighted by Gasteiger charge is 2.18. The minimum absolute atomic E-state index is 0.153. The maximum Gasteiger partial charge on any atom is 0.314 e. The molecule has 0 aromatic carbocycles. The van der Waals surface area contributed by atoms with E-state index in [4.69, 9.17) is 4.42 Å². The summed E-state index contributed by atoms with van der Waals surface area (Å²) >= 11 is 0. The van der Waals surface area contributed by atoms with Gasteiger partial charge in [-0.3, -0.25) is 0 Å². The Morgan fingerprint density at radius 2 is 2.33 bits per heavy atom. The molecular formula is C16H26N2O3. The third-order valence-electron chi connectivity index (χ3n) is 4.21. The summed E-state index contributed by atoms with van der Waals surface area (Å²) in [6, 6.07) is 3.17. The Balaban J connectivity index is 1.57. The topological polar surface area (TPSA) is 74.5 Å². The summed E-state index contributed by atoms with van der Waals surface area (Å²) in [5, 5.41) is 15.3. The van der Waals surface area contributed by atoms with Crippen molar-refractivity contribution in [3.05, 3.63) is 24.2 Å². The molecule has 3 atom stereocenters. The fraction of sp³-hybridized carbons (Fsp3) is 0.688. The second-order valence-electron chi connectivity index (χ2n) is 6.09. The maximum absolute atomic E-state index is 11.7. The minimum Gasteiger partial charge on any atom is -0.467 e. The van der Waals surface area contributed by atoms with E-state index in [9.17, 15) is 9.90 Å². The van der Waals surface area contributed by atoms with E-state index in [1.165, 1.54) is 31.9 Å². The molecule has 1 aromatic heterocycles. The predicted molar refractivity (Wildman–Crippen MR) is 80.8 cm³/mol. The van der Waals surface area contributed by atoms with Crippen LogP contribution in [-0.2, 0) is 0 Å². The molecule has 3 unspecified atom stereocenters. The Bertz CT molecular complexity index is 419. The van der Waals surface area contributed by atoms with Crippen LogP contribution in [0.5, 0.6) is 0 Å². The van der Waals surface area contributed by atoms with Crippen molar-refractivity contribution in [2.24, 2.45) is 11.8 Å². The Hall–Kier alpha value is -1.49. The van der Waals surface area contributed by atoms with Crippen molar-refractivity contribution >= 4 is 6.03 Å². The van der Waals surface area contributed by atoms with Crippen LogP contribution in [0.15, 0.2) is 22.8 Å². The lowest BCUT2D eigenvalue weighted by Crippen LogP contribution is -2.38. The van der Waals surface area contributed by atoms with Crippen molar-refractivity contribution < 1.29 is 14.3 Å². The number of hydrogen-bond donors (Lipinski definition) is 3. The zero-order valence-electron chi connectivity index (χ0n) is 12.7. The van der Waals surface area contributed by atoms with Gasteiger partial charge in [0, 0.05) is 6.54 Å². The molecule has 1 aliphatic rings. The van der Waals surface area contributed by atoms with Gasteiger partial charge in [-0.05, 0) is 36.8 Å². The molecular weight excluding hydrogens is 268 g/mol. The molecule has 5 heteroatoms. The van der Waals surface area contributed by atoms with Crippen molar-refractivity contribution in [2.45, 2.75) is 45.1 Å². The highest BCUT2D eigenvalue weighted by molar-refractivity contribution is 5.73. The maximum atomic E-state index is 11.7. The van der Waals surface area contributed by atoms with Crippen LogP contribution in [0.25, 0.3) is 0 Å². The number of amides is 2. The molecule has 0 radical (unpaired) electrons. The second-order valence-corrected chi connectivity index (χ2v) is 6.09. The number of nitrogens with one attached hydrogen (secondary N) is 2. The van der Waals surface area contributed by atoms with Crippen molar-refractivity contribution in [1.29, 1.82) is 0 Å². The highest BCUT2D eigenvalue weighted by atomic mass is 16.4. The standard InChI is InChI=1S/C16H26N2O3/c1-12-4-2-5-13(10-12)7-8-17-16(20)18-11-14(19)15-6-3-9-21-15/h3,6,9,12-14,19H,2,4-5,7-8,10-11H2,1H3,(H2,17,18,20). The Kier molecular flexibility index (Phi) is 6.11. The summed E-state index contributed by atoms with van der Waals surface area (Å²) in [4.78, 5) is 11.7. The molecule has 0 aliphatic heterocycles. The first-order valence-corrected chi connectivity index (χ1v) is 7.88. The molecule has 5 nitrogen and oxygen atoms in total. The van der Waals surface area contributed by atoms with E-state index >= 15 is 0 Å². The summed E-state index contributed by atoms with van der Waals surface area (Å²) in [5.74, 6) is 2.02. The minimum atomic E-state index is -0.801. The fourth-order valence-corrected chi connectivity index (χ4v) is 3.05. The number of urea groups is 1. The molecule has 2 rings (SSSR count). The third kappa shape index (κ3) is 5.42. The first-order valence-electron chi connectivity index (χ1n) is 7.88. The lowest BCUT2D eigenvalue weighted by atomic mass is 9.81. The SMILES string of the molecule is CC1CCCC(CCNC(=O)NCC(O)c2ccco2)C1. The summed E-state index contributed by atoms with van der Waals surface area (Å²) in [5.41, 5.74) is 0. The van der Waals surface area contributed by atoms with E-state index in [2.05, 4.69) is 17.6 Å². The summed E-state index contributed by atoms with van der Waals surface area (Å²) in [6.07, 6.45) is 6.96. The van der Waals surface area contributed by atoms with E-state index in [1.807, 2.05) is 0 Å². The summed E-state index contributed by atoms with van der Waals surface area (Å²) in [6.45, 7) is 3.15. The Labute approximate surface area is 126 Å². The molecule has 0 spiro atoms. The molecule has 1 aliphatic carbocycles. The van der Waals surface area contributed by atoms with Gasteiger partial charge in [-0.1, -0.05) is 26.2 Å². The lowest BCUT2D eigenvalue weighted by molar-refractivity contribution is 0.148. The number of rotatable bonds is 6. The molecule has 2 amide bonds. The average Bonchev–Trinajstić information content (AvgIpc) is 2.99. The summed E-state index contributed by atoms with van der Waals surface area (Å²) in [7, 11) is 0. The van der Waals surface area contributed by atoms with Crippen molar-refractivity contribution in [2.75, 3.05) is 13.1 Å². The largest absolute Gasteiger partial charge is 0.467 e. The van der Waals surface area contributed by atoms with Crippen LogP contribution in [0.1, 0.15) is 50.9 Å². The normalized spacial score (nSPS) is 23.5.